The van der Waals surface area contributed by atoms with Gasteiger partial charge in [-0.25, -0.2) is 0 Å². The number of hydrogen-bond donors (Lipinski definition) is 0. The highest BCUT2D eigenvalue weighted by molar-refractivity contribution is 7.99. The van der Waals surface area contributed by atoms with Crippen LogP contribution in [0.5, 0.6) is 5.75 Å². The molecule has 0 saturated heterocycles. The van der Waals surface area contributed by atoms with E-state index in [9.17, 15) is 0 Å². The van der Waals surface area contributed by atoms with Gasteiger partial charge in [0.2, 0.25) is 0 Å². The Balaban J connectivity index is 2.00. The van der Waals surface area contributed by atoms with E-state index in [0.29, 0.717) is 6.61 Å². The molecule has 0 amide bonds. The first-order valence-electron chi connectivity index (χ1n) is 6.19. The van der Waals surface area contributed by atoms with Crippen molar-refractivity contribution in [2.45, 2.75) is 25.3 Å². The minimum atomic E-state index is 0.626. The molecular formula is C16H18OS. The lowest BCUT2D eigenvalue weighted by Gasteiger charge is -2.09. The van der Waals surface area contributed by atoms with Crippen LogP contribution in [0.1, 0.15) is 18.1 Å². The molecule has 0 fully saturated rings. The number of benzene rings is 2. The van der Waals surface area contributed by atoms with Gasteiger partial charge < -0.3 is 4.74 Å². The topological polar surface area (TPSA) is 9.23 Å². The molecule has 0 atom stereocenters. The molecule has 0 heterocycles. The average molecular weight is 258 g/mol. The Morgan fingerprint density at radius 2 is 1.83 bits per heavy atom. The summed E-state index contributed by atoms with van der Waals surface area (Å²) in [4.78, 5) is 1.34. The predicted molar refractivity (Wildman–Crippen MR) is 78.4 cm³/mol. The summed E-state index contributed by atoms with van der Waals surface area (Å²) in [6, 6.07) is 16.5. The second kappa shape index (κ2) is 6.50. The van der Waals surface area contributed by atoms with Gasteiger partial charge in [-0.3, -0.25) is 0 Å². The Labute approximate surface area is 113 Å². The lowest BCUT2D eigenvalue weighted by Crippen LogP contribution is -1.95. The van der Waals surface area contributed by atoms with Crippen molar-refractivity contribution in [1.29, 1.82) is 0 Å². The number of rotatable bonds is 5. The van der Waals surface area contributed by atoms with Crippen LogP contribution in [-0.4, -0.2) is 5.75 Å². The summed E-state index contributed by atoms with van der Waals surface area (Å²) >= 11 is 1.87. The Kier molecular flexibility index (Phi) is 4.71. The molecule has 2 heteroatoms. The summed E-state index contributed by atoms with van der Waals surface area (Å²) in [6.07, 6.45) is 0. The van der Waals surface area contributed by atoms with Gasteiger partial charge in [0.15, 0.2) is 0 Å². The maximum Gasteiger partial charge on any atom is 0.120 e. The van der Waals surface area contributed by atoms with Gasteiger partial charge in [-0.15, -0.1) is 11.8 Å². The zero-order valence-corrected chi connectivity index (χ0v) is 11.7. The second-order valence-corrected chi connectivity index (χ2v) is 5.44. The molecule has 2 aromatic carbocycles. The summed E-state index contributed by atoms with van der Waals surface area (Å²) in [5.74, 6) is 2.04. The zero-order valence-electron chi connectivity index (χ0n) is 10.8. The van der Waals surface area contributed by atoms with Crippen LogP contribution in [0, 0.1) is 6.92 Å². The van der Waals surface area contributed by atoms with E-state index in [1.165, 1.54) is 16.0 Å². The summed E-state index contributed by atoms with van der Waals surface area (Å²) in [5.41, 5.74) is 2.48. The summed E-state index contributed by atoms with van der Waals surface area (Å²) in [5, 5.41) is 0. The standard InChI is InChI=1S/C16H18OS/c1-3-18-16-10-9-15(11-13(16)2)17-12-14-7-5-4-6-8-14/h4-11H,3,12H2,1-2H3. The summed E-state index contributed by atoms with van der Waals surface area (Å²) < 4.78 is 5.80. The van der Waals surface area contributed by atoms with Crippen molar-refractivity contribution in [3.05, 3.63) is 59.7 Å². The van der Waals surface area contributed by atoms with Gasteiger partial charge >= 0.3 is 0 Å². The first kappa shape index (κ1) is 13.0. The highest BCUT2D eigenvalue weighted by Crippen LogP contribution is 2.26. The molecule has 0 aromatic heterocycles. The number of thioether (sulfide) groups is 1. The number of ether oxygens (including phenoxy) is 1. The third-order valence-electron chi connectivity index (χ3n) is 2.69. The SMILES string of the molecule is CCSc1ccc(OCc2ccccc2)cc1C. The van der Waals surface area contributed by atoms with Gasteiger partial charge in [0.1, 0.15) is 12.4 Å². The van der Waals surface area contributed by atoms with E-state index < -0.39 is 0 Å². The fourth-order valence-electron chi connectivity index (χ4n) is 1.77. The fourth-order valence-corrected chi connectivity index (χ4v) is 2.53. The van der Waals surface area contributed by atoms with Gasteiger partial charge in [0, 0.05) is 4.90 Å². The van der Waals surface area contributed by atoms with E-state index >= 15 is 0 Å². The van der Waals surface area contributed by atoms with Crippen molar-refractivity contribution in [2.24, 2.45) is 0 Å². The molecule has 0 radical (unpaired) electrons. The fraction of sp³-hybridized carbons (Fsp3) is 0.250. The maximum atomic E-state index is 5.80. The molecule has 0 spiro atoms. The van der Waals surface area contributed by atoms with Crippen molar-refractivity contribution in [3.63, 3.8) is 0 Å². The molecule has 0 unspecified atom stereocenters. The molecule has 18 heavy (non-hydrogen) atoms. The molecule has 0 saturated carbocycles. The molecule has 94 valence electrons. The van der Waals surface area contributed by atoms with E-state index in [-0.39, 0.29) is 0 Å². The van der Waals surface area contributed by atoms with Gasteiger partial charge in [0.25, 0.3) is 0 Å². The van der Waals surface area contributed by atoms with Crippen LogP contribution >= 0.6 is 11.8 Å². The van der Waals surface area contributed by atoms with Crippen molar-refractivity contribution in [2.75, 3.05) is 5.75 Å². The quantitative estimate of drug-likeness (QED) is 0.720. The summed E-state index contributed by atoms with van der Waals surface area (Å²) in [6.45, 7) is 4.93. The molecule has 2 rings (SSSR count). The Hall–Kier alpha value is -1.41. The van der Waals surface area contributed by atoms with Crippen molar-refractivity contribution in [3.8, 4) is 5.75 Å². The largest absolute Gasteiger partial charge is 0.489 e. The predicted octanol–water partition coefficient (Wildman–Crippen LogP) is 4.69. The molecule has 0 bridgehead atoms. The van der Waals surface area contributed by atoms with Crippen LogP contribution in [0.25, 0.3) is 0 Å². The van der Waals surface area contributed by atoms with Crippen LogP contribution in [0.3, 0.4) is 0 Å². The van der Waals surface area contributed by atoms with Crippen LogP contribution in [0.4, 0.5) is 0 Å². The lowest BCUT2D eigenvalue weighted by molar-refractivity contribution is 0.306. The van der Waals surface area contributed by atoms with E-state index in [1.807, 2.05) is 36.0 Å². The Morgan fingerprint density at radius 3 is 2.50 bits per heavy atom. The highest BCUT2D eigenvalue weighted by atomic mass is 32.2. The van der Waals surface area contributed by atoms with E-state index in [1.54, 1.807) is 0 Å². The average Bonchev–Trinajstić information content (AvgIpc) is 2.41. The van der Waals surface area contributed by atoms with Crippen molar-refractivity contribution >= 4 is 11.8 Å². The second-order valence-electron chi connectivity index (χ2n) is 4.13. The van der Waals surface area contributed by atoms with Crippen molar-refractivity contribution < 1.29 is 4.74 Å². The first-order valence-corrected chi connectivity index (χ1v) is 7.18. The van der Waals surface area contributed by atoms with Gasteiger partial charge in [0.05, 0.1) is 0 Å². The van der Waals surface area contributed by atoms with E-state index in [2.05, 4.69) is 38.1 Å². The molecule has 1 nitrogen and oxygen atoms in total. The minimum absolute atomic E-state index is 0.626. The minimum Gasteiger partial charge on any atom is -0.489 e. The molecule has 0 aliphatic carbocycles. The number of aryl methyl sites for hydroxylation is 1. The molecule has 2 aromatic rings. The zero-order chi connectivity index (χ0) is 12.8. The smallest absolute Gasteiger partial charge is 0.120 e. The molecule has 0 aliphatic heterocycles. The highest BCUT2D eigenvalue weighted by Gasteiger charge is 2.01. The normalized spacial score (nSPS) is 10.3. The van der Waals surface area contributed by atoms with Crippen LogP contribution in [0.2, 0.25) is 0 Å². The maximum absolute atomic E-state index is 5.80. The third-order valence-corrected chi connectivity index (χ3v) is 3.75. The van der Waals surface area contributed by atoms with Gasteiger partial charge in [-0.1, -0.05) is 37.3 Å². The van der Waals surface area contributed by atoms with Gasteiger partial charge in [-0.05, 0) is 42.0 Å². The third kappa shape index (κ3) is 3.54. The Morgan fingerprint density at radius 1 is 1.06 bits per heavy atom. The van der Waals surface area contributed by atoms with Crippen LogP contribution < -0.4 is 4.74 Å². The van der Waals surface area contributed by atoms with Crippen molar-refractivity contribution in [1.82, 2.24) is 0 Å². The monoisotopic (exact) mass is 258 g/mol. The Bertz CT molecular complexity index is 494. The van der Waals surface area contributed by atoms with E-state index in [0.717, 1.165) is 11.5 Å². The van der Waals surface area contributed by atoms with Crippen LogP contribution in [-0.2, 0) is 6.61 Å². The summed E-state index contributed by atoms with van der Waals surface area (Å²) in [7, 11) is 0. The first-order chi connectivity index (χ1) is 8.79. The molecule has 0 N–H and O–H groups in total. The van der Waals surface area contributed by atoms with E-state index in [4.69, 9.17) is 4.74 Å². The molecular weight excluding hydrogens is 240 g/mol. The number of hydrogen-bond acceptors (Lipinski definition) is 2. The molecule has 0 aliphatic rings. The van der Waals surface area contributed by atoms with Gasteiger partial charge in [-0.2, -0.15) is 0 Å². The van der Waals surface area contributed by atoms with Crippen LogP contribution in [0.15, 0.2) is 53.4 Å². The lowest BCUT2D eigenvalue weighted by atomic mass is 10.2.